The Morgan fingerprint density at radius 2 is 1.80 bits per heavy atom. The number of anilines is 3. The highest BCUT2D eigenvalue weighted by Crippen LogP contribution is 2.42. The smallest absolute Gasteiger partial charge is 0.254 e. The zero-order valence-corrected chi connectivity index (χ0v) is 20.7. The number of carbonyl (C=O) groups is 2. The van der Waals surface area contributed by atoms with E-state index in [1.54, 1.807) is 28.0 Å². The van der Waals surface area contributed by atoms with Crippen molar-refractivity contribution in [3.63, 3.8) is 0 Å². The number of likely N-dealkylation sites (tertiary alicyclic amines) is 1. The summed E-state index contributed by atoms with van der Waals surface area (Å²) in [5.74, 6) is 0.417. The number of ether oxygens (including phenoxy) is 1. The van der Waals surface area contributed by atoms with E-state index < -0.39 is 6.04 Å². The Hall–Kier alpha value is -3.51. The monoisotopic (exact) mass is 489 g/mol. The molecule has 6 nitrogen and oxygen atoms in total. The number of hydrogen-bond acceptors (Lipinski definition) is 4. The van der Waals surface area contributed by atoms with Crippen molar-refractivity contribution >= 4 is 40.5 Å². The Morgan fingerprint density at radius 3 is 2.57 bits per heavy atom. The fraction of sp³-hybridized carbons (Fsp3) is 0.286. The summed E-state index contributed by atoms with van der Waals surface area (Å²) in [5, 5.41) is 0.519. The maximum absolute atomic E-state index is 14.1. The van der Waals surface area contributed by atoms with Crippen LogP contribution in [0.1, 0.15) is 24.0 Å². The molecule has 35 heavy (non-hydrogen) atoms. The first-order valence-corrected chi connectivity index (χ1v) is 12.2. The average Bonchev–Trinajstić information content (AvgIpc) is 3.29. The van der Waals surface area contributed by atoms with E-state index in [4.69, 9.17) is 16.3 Å². The molecule has 0 radical (unpaired) electrons. The molecule has 1 atom stereocenters. The van der Waals surface area contributed by atoms with Crippen LogP contribution in [-0.2, 0) is 22.6 Å². The normalized spacial score (nSPS) is 16.7. The van der Waals surface area contributed by atoms with E-state index in [0.29, 0.717) is 36.0 Å². The minimum atomic E-state index is -0.540. The van der Waals surface area contributed by atoms with Crippen LogP contribution >= 0.6 is 11.6 Å². The van der Waals surface area contributed by atoms with Gasteiger partial charge in [-0.2, -0.15) is 0 Å². The van der Waals surface area contributed by atoms with Gasteiger partial charge >= 0.3 is 0 Å². The third kappa shape index (κ3) is 4.58. The first-order chi connectivity index (χ1) is 16.9. The lowest BCUT2D eigenvalue weighted by Gasteiger charge is -2.31. The number of halogens is 1. The Morgan fingerprint density at radius 1 is 1.03 bits per heavy atom. The van der Waals surface area contributed by atoms with Crippen LogP contribution in [0.4, 0.5) is 17.1 Å². The van der Waals surface area contributed by atoms with E-state index in [9.17, 15) is 9.59 Å². The maximum Gasteiger partial charge on any atom is 0.254 e. The van der Waals surface area contributed by atoms with Gasteiger partial charge in [-0.25, -0.2) is 0 Å². The average molecular weight is 490 g/mol. The molecule has 0 N–H and O–H groups in total. The second-order valence-corrected chi connectivity index (χ2v) is 9.62. The third-order valence-electron chi connectivity index (χ3n) is 6.66. The van der Waals surface area contributed by atoms with Gasteiger partial charge in [0, 0.05) is 36.9 Å². The van der Waals surface area contributed by atoms with Crippen molar-refractivity contribution in [2.45, 2.75) is 31.9 Å². The number of benzene rings is 3. The molecule has 0 aromatic heterocycles. The molecule has 7 heteroatoms. The minimum absolute atomic E-state index is 0.0378. The molecule has 0 bridgehead atoms. The Balaban J connectivity index is 1.44. The van der Waals surface area contributed by atoms with Crippen LogP contribution in [0.15, 0.2) is 66.7 Å². The van der Waals surface area contributed by atoms with Crippen LogP contribution in [0.5, 0.6) is 5.75 Å². The van der Waals surface area contributed by atoms with Crippen molar-refractivity contribution in [3.8, 4) is 5.75 Å². The number of amides is 2. The van der Waals surface area contributed by atoms with Crippen LogP contribution in [0.2, 0.25) is 5.02 Å². The van der Waals surface area contributed by atoms with Gasteiger partial charge in [-0.15, -0.1) is 0 Å². The number of nitrogens with zero attached hydrogens (tertiary/aromatic N) is 3. The summed E-state index contributed by atoms with van der Waals surface area (Å²) in [6, 6.07) is 20.4. The van der Waals surface area contributed by atoms with Gasteiger partial charge in [-0.1, -0.05) is 41.9 Å². The van der Waals surface area contributed by atoms with Gasteiger partial charge in [0.15, 0.2) is 0 Å². The fourth-order valence-electron chi connectivity index (χ4n) is 4.82. The molecule has 3 aromatic rings. The molecule has 0 aliphatic carbocycles. The van der Waals surface area contributed by atoms with Gasteiger partial charge in [0.05, 0.1) is 17.8 Å². The molecular formula is C28H28ClN3O3. The van der Waals surface area contributed by atoms with E-state index in [2.05, 4.69) is 0 Å². The lowest BCUT2D eigenvalue weighted by molar-refractivity contribution is -0.136. The van der Waals surface area contributed by atoms with Crippen molar-refractivity contribution < 1.29 is 14.3 Å². The Kier molecular flexibility index (Phi) is 6.39. The molecule has 2 amide bonds. The van der Waals surface area contributed by atoms with Crippen molar-refractivity contribution in [2.24, 2.45) is 0 Å². The van der Waals surface area contributed by atoms with Crippen LogP contribution in [-0.4, -0.2) is 43.4 Å². The quantitative estimate of drug-likeness (QED) is 0.505. The molecule has 0 unspecified atom stereocenters. The first-order valence-electron chi connectivity index (χ1n) is 11.8. The maximum atomic E-state index is 14.1. The van der Waals surface area contributed by atoms with Gasteiger partial charge in [0.2, 0.25) is 5.91 Å². The van der Waals surface area contributed by atoms with Gasteiger partial charge in [0.25, 0.3) is 5.91 Å². The highest BCUT2D eigenvalue weighted by atomic mass is 35.5. The van der Waals surface area contributed by atoms with E-state index in [0.717, 1.165) is 28.9 Å². The standard InChI is InChI=1S/C28H28ClN3O3/c1-30(2)22-12-9-19(10-13-22)16-27(33)31-15-5-8-24(31)28(34)32-23-7-4-3-6-20(23)18-35-26-14-11-21(29)17-25(26)32/h3-4,6-7,9-14,17,24H,5,8,15-16,18H2,1-2H3/t24-/m1/s1. The van der Waals surface area contributed by atoms with Crippen molar-refractivity contribution in [1.82, 2.24) is 4.90 Å². The molecule has 2 aliphatic heterocycles. The second-order valence-electron chi connectivity index (χ2n) is 9.19. The third-order valence-corrected chi connectivity index (χ3v) is 6.90. The Labute approximate surface area is 210 Å². The van der Waals surface area contributed by atoms with Crippen LogP contribution < -0.4 is 14.5 Å². The van der Waals surface area contributed by atoms with Gasteiger partial charge in [-0.3, -0.25) is 14.5 Å². The van der Waals surface area contributed by atoms with Crippen LogP contribution in [0.25, 0.3) is 0 Å². The fourth-order valence-corrected chi connectivity index (χ4v) is 4.99. The number of rotatable bonds is 4. The van der Waals surface area contributed by atoms with E-state index in [1.165, 1.54) is 0 Å². The summed E-state index contributed by atoms with van der Waals surface area (Å²) in [4.78, 5) is 32.9. The minimum Gasteiger partial charge on any atom is -0.487 e. The summed E-state index contributed by atoms with van der Waals surface area (Å²) >= 11 is 6.33. The number of para-hydroxylation sites is 1. The summed E-state index contributed by atoms with van der Waals surface area (Å²) in [6.45, 7) is 0.921. The van der Waals surface area contributed by atoms with E-state index >= 15 is 0 Å². The van der Waals surface area contributed by atoms with Gasteiger partial charge < -0.3 is 14.5 Å². The molecule has 2 aliphatic rings. The van der Waals surface area contributed by atoms with Crippen LogP contribution in [0.3, 0.4) is 0 Å². The van der Waals surface area contributed by atoms with Crippen molar-refractivity contribution in [3.05, 3.63) is 82.9 Å². The first kappa shape index (κ1) is 23.2. The largest absolute Gasteiger partial charge is 0.487 e. The zero-order chi connectivity index (χ0) is 24.5. The summed E-state index contributed by atoms with van der Waals surface area (Å²) in [6.07, 6.45) is 1.68. The molecule has 5 rings (SSSR count). The van der Waals surface area contributed by atoms with Crippen molar-refractivity contribution in [2.75, 3.05) is 30.4 Å². The number of carbonyl (C=O) groups excluding carboxylic acids is 2. The second kappa shape index (κ2) is 9.62. The van der Waals surface area contributed by atoms with Gasteiger partial charge in [-0.05, 0) is 54.8 Å². The predicted octanol–water partition coefficient (Wildman–Crippen LogP) is 5.20. The SMILES string of the molecule is CN(C)c1ccc(CC(=O)N2CCC[C@@H]2C(=O)N2c3ccccc3COc3ccc(Cl)cc32)cc1. The molecular weight excluding hydrogens is 462 g/mol. The molecule has 0 saturated carbocycles. The van der Waals surface area contributed by atoms with Crippen LogP contribution in [0, 0.1) is 0 Å². The Bertz CT molecular complexity index is 1260. The summed E-state index contributed by atoms with van der Waals surface area (Å²) in [7, 11) is 3.97. The molecule has 0 spiro atoms. The highest BCUT2D eigenvalue weighted by Gasteiger charge is 2.39. The summed E-state index contributed by atoms with van der Waals surface area (Å²) < 4.78 is 6.02. The summed E-state index contributed by atoms with van der Waals surface area (Å²) in [5.41, 5.74) is 4.28. The van der Waals surface area contributed by atoms with Crippen molar-refractivity contribution in [1.29, 1.82) is 0 Å². The van der Waals surface area contributed by atoms with E-state index in [-0.39, 0.29) is 18.2 Å². The number of fused-ring (bicyclic) bond motifs is 2. The highest BCUT2D eigenvalue weighted by molar-refractivity contribution is 6.31. The number of hydrogen-bond donors (Lipinski definition) is 0. The van der Waals surface area contributed by atoms with E-state index in [1.807, 2.05) is 67.5 Å². The topological polar surface area (TPSA) is 53.1 Å². The molecule has 3 aromatic carbocycles. The predicted molar refractivity (Wildman–Crippen MR) is 139 cm³/mol. The molecule has 1 saturated heterocycles. The zero-order valence-electron chi connectivity index (χ0n) is 19.9. The lowest BCUT2D eigenvalue weighted by Crippen LogP contribution is -2.47. The molecule has 2 heterocycles. The molecule has 180 valence electrons. The molecule has 1 fully saturated rings. The lowest BCUT2D eigenvalue weighted by atomic mass is 10.1. The van der Waals surface area contributed by atoms with Gasteiger partial charge in [0.1, 0.15) is 18.4 Å².